The first-order valence-corrected chi connectivity index (χ1v) is 8.02. The molecule has 0 bridgehead atoms. The zero-order valence-electron chi connectivity index (χ0n) is 13.3. The van der Waals surface area contributed by atoms with Gasteiger partial charge in [-0.25, -0.2) is 0 Å². The van der Waals surface area contributed by atoms with E-state index in [0.29, 0.717) is 5.92 Å². The maximum atomic E-state index is 4.54. The first-order valence-electron chi connectivity index (χ1n) is 8.02. The quantitative estimate of drug-likeness (QED) is 0.795. The van der Waals surface area contributed by atoms with Crippen LogP contribution in [0.5, 0.6) is 0 Å². The molecule has 0 N–H and O–H groups in total. The molecule has 4 heteroatoms. The minimum absolute atomic E-state index is 0.684. The second-order valence-corrected chi connectivity index (χ2v) is 6.08. The highest BCUT2D eigenvalue weighted by Gasteiger charge is 2.21. The average molecular weight is 296 g/mol. The van der Waals surface area contributed by atoms with Crippen LogP contribution in [0, 0.1) is 6.92 Å². The van der Waals surface area contributed by atoms with E-state index in [9.17, 15) is 0 Å². The third kappa shape index (κ3) is 3.45. The van der Waals surface area contributed by atoms with Crippen LogP contribution < -0.4 is 0 Å². The molecule has 0 spiro atoms. The zero-order chi connectivity index (χ0) is 15.4. The van der Waals surface area contributed by atoms with Gasteiger partial charge >= 0.3 is 0 Å². The van der Waals surface area contributed by atoms with Crippen LogP contribution in [-0.4, -0.2) is 32.8 Å². The molecule has 0 saturated carbocycles. The van der Waals surface area contributed by atoms with E-state index < -0.39 is 0 Å². The number of pyridine rings is 1. The normalized spacial score (nSPS) is 16.8. The van der Waals surface area contributed by atoms with Crippen molar-refractivity contribution in [3.05, 3.63) is 60.2 Å². The molecule has 0 aliphatic carbocycles. The van der Waals surface area contributed by atoms with Crippen molar-refractivity contribution in [2.45, 2.75) is 38.8 Å². The molecular formula is C18H24N4. The summed E-state index contributed by atoms with van der Waals surface area (Å²) in [6, 6.07) is 4.31. The Bertz CT molecular complexity index is 609. The predicted octanol–water partition coefficient (Wildman–Crippen LogP) is 3.15. The third-order valence-corrected chi connectivity index (χ3v) is 4.52. The van der Waals surface area contributed by atoms with Gasteiger partial charge in [0.05, 0.1) is 12.2 Å². The molecule has 0 radical (unpaired) electrons. The maximum absolute atomic E-state index is 4.54. The summed E-state index contributed by atoms with van der Waals surface area (Å²) in [6.45, 7) is 9.96. The summed E-state index contributed by atoms with van der Waals surface area (Å²) in [5.41, 5.74) is 3.91. The number of rotatable bonds is 5. The molecule has 2 aromatic heterocycles. The second-order valence-electron chi connectivity index (χ2n) is 6.08. The largest absolute Gasteiger partial charge is 0.299 e. The summed E-state index contributed by atoms with van der Waals surface area (Å²) >= 11 is 0. The lowest BCUT2D eigenvalue weighted by Gasteiger charge is -2.32. The number of hydrogen-bond acceptors (Lipinski definition) is 3. The Labute approximate surface area is 132 Å². The van der Waals surface area contributed by atoms with Crippen LogP contribution >= 0.6 is 0 Å². The van der Waals surface area contributed by atoms with E-state index in [1.165, 1.54) is 24.0 Å². The molecule has 1 aliphatic heterocycles. The molecule has 22 heavy (non-hydrogen) atoms. The fourth-order valence-corrected chi connectivity index (χ4v) is 3.24. The highest BCUT2D eigenvalue weighted by atomic mass is 15.3. The number of aromatic nitrogens is 3. The van der Waals surface area contributed by atoms with Gasteiger partial charge < -0.3 is 0 Å². The summed E-state index contributed by atoms with van der Waals surface area (Å²) in [4.78, 5) is 6.65. The van der Waals surface area contributed by atoms with Crippen molar-refractivity contribution in [2.24, 2.45) is 0 Å². The van der Waals surface area contributed by atoms with E-state index in [4.69, 9.17) is 0 Å². The number of allylic oxidation sites excluding steroid dienone is 1. The van der Waals surface area contributed by atoms with Gasteiger partial charge in [0.1, 0.15) is 0 Å². The number of aryl methyl sites for hydroxylation is 1. The molecule has 1 fully saturated rings. The monoisotopic (exact) mass is 296 g/mol. The molecule has 1 saturated heterocycles. The van der Waals surface area contributed by atoms with E-state index in [1.807, 2.05) is 23.2 Å². The van der Waals surface area contributed by atoms with E-state index in [-0.39, 0.29) is 0 Å². The smallest absolute Gasteiger partial charge is 0.0638 e. The zero-order valence-corrected chi connectivity index (χ0v) is 13.3. The average Bonchev–Trinajstić information content (AvgIpc) is 2.89. The van der Waals surface area contributed by atoms with Gasteiger partial charge in [0.25, 0.3) is 0 Å². The lowest BCUT2D eigenvalue weighted by Crippen LogP contribution is -2.32. The fraction of sp³-hybridized carbons (Fsp3) is 0.444. The Balaban J connectivity index is 1.57. The molecule has 1 aliphatic rings. The van der Waals surface area contributed by atoms with Crippen LogP contribution in [-0.2, 0) is 13.1 Å². The lowest BCUT2D eigenvalue weighted by atomic mass is 9.90. The lowest BCUT2D eigenvalue weighted by molar-refractivity contribution is 0.204. The van der Waals surface area contributed by atoms with Gasteiger partial charge in [-0.15, -0.1) is 6.58 Å². The van der Waals surface area contributed by atoms with Crippen molar-refractivity contribution in [3.63, 3.8) is 0 Å². The van der Waals surface area contributed by atoms with Gasteiger partial charge in [-0.1, -0.05) is 6.08 Å². The van der Waals surface area contributed by atoms with Gasteiger partial charge in [-0.3, -0.25) is 14.6 Å². The molecule has 0 unspecified atom stereocenters. The summed E-state index contributed by atoms with van der Waals surface area (Å²) in [7, 11) is 0. The Morgan fingerprint density at radius 2 is 2.00 bits per heavy atom. The molecule has 0 aromatic carbocycles. The Hall–Kier alpha value is -1.94. The summed E-state index contributed by atoms with van der Waals surface area (Å²) < 4.78 is 1.97. The Kier molecular flexibility index (Phi) is 4.68. The fourth-order valence-electron chi connectivity index (χ4n) is 3.24. The summed E-state index contributed by atoms with van der Waals surface area (Å²) in [5, 5.41) is 4.54. The second kappa shape index (κ2) is 6.88. The first-order chi connectivity index (χ1) is 10.8. The number of piperidine rings is 1. The molecule has 0 amide bonds. The van der Waals surface area contributed by atoms with Crippen molar-refractivity contribution < 1.29 is 0 Å². The minimum Gasteiger partial charge on any atom is -0.299 e. The van der Waals surface area contributed by atoms with E-state index in [0.717, 1.165) is 31.9 Å². The molecule has 2 aromatic rings. The molecule has 0 atom stereocenters. The van der Waals surface area contributed by atoms with Crippen molar-refractivity contribution in [1.29, 1.82) is 0 Å². The van der Waals surface area contributed by atoms with Crippen molar-refractivity contribution in [1.82, 2.24) is 19.7 Å². The summed E-state index contributed by atoms with van der Waals surface area (Å²) in [5.74, 6) is 0.684. The summed E-state index contributed by atoms with van der Waals surface area (Å²) in [6.07, 6.45) is 10.3. The molecule has 3 heterocycles. The number of nitrogens with zero attached hydrogens (tertiary/aromatic N) is 4. The Morgan fingerprint density at radius 1 is 1.27 bits per heavy atom. The van der Waals surface area contributed by atoms with Gasteiger partial charge in [-0.2, -0.15) is 5.10 Å². The van der Waals surface area contributed by atoms with Gasteiger partial charge in [-0.05, 0) is 56.5 Å². The van der Waals surface area contributed by atoms with Crippen LogP contribution in [0.1, 0.15) is 35.6 Å². The minimum atomic E-state index is 0.684. The predicted molar refractivity (Wildman–Crippen MR) is 88.7 cm³/mol. The molecular weight excluding hydrogens is 272 g/mol. The Morgan fingerprint density at radius 3 is 2.68 bits per heavy atom. The van der Waals surface area contributed by atoms with Crippen LogP contribution in [0.2, 0.25) is 0 Å². The number of hydrogen-bond donors (Lipinski definition) is 0. The van der Waals surface area contributed by atoms with Gasteiger partial charge in [0.15, 0.2) is 0 Å². The van der Waals surface area contributed by atoms with E-state index in [2.05, 4.69) is 46.8 Å². The van der Waals surface area contributed by atoms with Crippen LogP contribution in [0.3, 0.4) is 0 Å². The van der Waals surface area contributed by atoms with Gasteiger partial charge in [0.2, 0.25) is 0 Å². The van der Waals surface area contributed by atoms with E-state index in [1.54, 1.807) is 0 Å². The molecule has 116 valence electrons. The topological polar surface area (TPSA) is 34.0 Å². The van der Waals surface area contributed by atoms with Crippen molar-refractivity contribution in [2.75, 3.05) is 13.1 Å². The SMILES string of the molecule is C=CCn1cc(CN2CCC(c3ccncc3)CC2)c(C)n1. The first kappa shape index (κ1) is 15.0. The highest BCUT2D eigenvalue weighted by molar-refractivity contribution is 5.18. The van der Waals surface area contributed by atoms with Crippen LogP contribution in [0.15, 0.2) is 43.4 Å². The van der Waals surface area contributed by atoms with Crippen molar-refractivity contribution in [3.8, 4) is 0 Å². The number of likely N-dealkylation sites (tertiary alicyclic amines) is 1. The third-order valence-electron chi connectivity index (χ3n) is 4.52. The molecule has 4 nitrogen and oxygen atoms in total. The van der Waals surface area contributed by atoms with Crippen LogP contribution in [0.4, 0.5) is 0 Å². The highest BCUT2D eigenvalue weighted by Crippen LogP contribution is 2.28. The van der Waals surface area contributed by atoms with Crippen molar-refractivity contribution >= 4 is 0 Å². The molecule has 3 rings (SSSR count). The van der Waals surface area contributed by atoms with Crippen LogP contribution in [0.25, 0.3) is 0 Å². The maximum Gasteiger partial charge on any atom is 0.0638 e. The van der Waals surface area contributed by atoms with Gasteiger partial charge in [0, 0.05) is 30.7 Å². The standard InChI is InChI=1S/C18H24N4/c1-3-10-22-14-18(15(2)20-22)13-21-11-6-17(7-12-21)16-4-8-19-9-5-16/h3-5,8-9,14,17H,1,6-7,10-13H2,2H3. The van der Waals surface area contributed by atoms with E-state index >= 15 is 0 Å².